The number of hydrogen-bond acceptors (Lipinski definition) is 8. The highest BCUT2D eigenvalue weighted by Crippen LogP contribution is 2.25. The molecule has 0 aromatic heterocycles. The smallest absolute Gasteiger partial charge is 0.269 e. The van der Waals surface area contributed by atoms with Gasteiger partial charge in [-0.05, 0) is 12.1 Å². The minimum absolute atomic E-state index is 0. The molecular weight excluding hydrogens is 302 g/mol. The van der Waals surface area contributed by atoms with Crippen molar-refractivity contribution in [3.8, 4) is 5.75 Å². The molecule has 5 atom stereocenters. The van der Waals surface area contributed by atoms with Gasteiger partial charge in [-0.25, -0.2) is 0 Å². The number of benzene rings is 1. The lowest BCUT2D eigenvalue weighted by Crippen LogP contribution is -2.60. The van der Waals surface area contributed by atoms with Crippen molar-refractivity contribution in [1.82, 2.24) is 0 Å². The van der Waals surface area contributed by atoms with E-state index >= 15 is 0 Å². The minimum Gasteiger partial charge on any atom is -0.462 e. The van der Waals surface area contributed by atoms with Crippen LogP contribution in [-0.2, 0) is 4.74 Å². The Balaban J connectivity index is 0.00000242. The van der Waals surface area contributed by atoms with Crippen LogP contribution in [0.5, 0.6) is 5.75 Å². The van der Waals surface area contributed by atoms with Gasteiger partial charge in [0.2, 0.25) is 6.29 Å². The third kappa shape index (κ3) is 3.68. The second-order valence-electron chi connectivity index (χ2n) is 4.57. The topological polar surface area (TPSA) is 174 Å². The van der Waals surface area contributed by atoms with Gasteiger partial charge in [-0.2, -0.15) is 0 Å². The number of aliphatic hydroxyl groups is 4. The molecule has 0 aliphatic carbocycles. The number of ether oxygens (including phenoxy) is 2. The Bertz CT molecular complexity index is 492. The van der Waals surface area contributed by atoms with Gasteiger partial charge in [0.25, 0.3) is 5.69 Å². The van der Waals surface area contributed by atoms with Crippen molar-refractivity contribution < 1.29 is 40.3 Å². The van der Waals surface area contributed by atoms with Crippen LogP contribution in [0.4, 0.5) is 5.69 Å². The molecule has 0 bridgehead atoms. The van der Waals surface area contributed by atoms with Crippen LogP contribution < -0.4 is 4.74 Å². The number of nitrogens with zero attached hydrogens (tertiary/aromatic N) is 1. The SMILES string of the molecule is O.O=[N+]([O-])c1ccc(O[C@H]2O[C@H](CO)[C@@H](O)[C@H](O)[C@@H]2O)cc1. The predicted octanol–water partition coefficient (Wildman–Crippen LogP) is -2.05. The van der Waals surface area contributed by atoms with E-state index in [-0.39, 0.29) is 16.9 Å². The van der Waals surface area contributed by atoms with Crippen LogP contribution in [0.2, 0.25) is 0 Å². The molecule has 0 amide bonds. The lowest BCUT2D eigenvalue weighted by molar-refractivity contribution is -0.384. The fraction of sp³-hybridized carbons (Fsp3) is 0.500. The van der Waals surface area contributed by atoms with Gasteiger partial charge in [0.05, 0.1) is 11.5 Å². The largest absolute Gasteiger partial charge is 0.462 e. The highest BCUT2D eigenvalue weighted by molar-refractivity contribution is 5.36. The molecule has 0 spiro atoms. The van der Waals surface area contributed by atoms with Crippen molar-refractivity contribution in [1.29, 1.82) is 0 Å². The van der Waals surface area contributed by atoms with Crippen molar-refractivity contribution in [2.45, 2.75) is 30.7 Å². The number of nitro groups is 1. The minimum atomic E-state index is -1.54. The van der Waals surface area contributed by atoms with Crippen molar-refractivity contribution in [2.75, 3.05) is 6.61 Å². The molecule has 1 aromatic rings. The molecule has 10 nitrogen and oxygen atoms in total. The Hall–Kier alpha value is -1.82. The quantitative estimate of drug-likeness (QED) is 0.362. The van der Waals surface area contributed by atoms with E-state index in [1.54, 1.807) is 0 Å². The summed E-state index contributed by atoms with van der Waals surface area (Å²) in [6.07, 6.45) is -6.94. The summed E-state index contributed by atoms with van der Waals surface area (Å²) >= 11 is 0. The van der Waals surface area contributed by atoms with Crippen molar-refractivity contribution >= 4 is 5.69 Å². The molecule has 1 saturated heterocycles. The van der Waals surface area contributed by atoms with Crippen molar-refractivity contribution in [2.24, 2.45) is 0 Å². The fourth-order valence-electron chi connectivity index (χ4n) is 1.95. The molecule has 22 heavy (non-hydrogen) atoms. The summed E-state index contributed by atoms with van der Waals surface area (Å²) in [6, 6.07) is 5.03. The zero-order valence-electron chi connectivity index (χ0n) is 11.3. The molecule has 2 rings (SSSR count). The van der Waals surface area contributed by atoms with Crippen molar-refractivity contribution in [3.63, 3.8) is 0 Å². The van der Waals surface area contributed by atoms with Crippen LogP contribution in [0.1, 0.15) is 0 Å². The van der Waals surface area contributed by atoms with E-state index in [0.717, 1.165) is 0 Å². The van der Waals surface area contributed by atoms with E-state index in [9.17, 15) is 25.4 Å². The molecule has 1 fully saturated rings. The maximum Gasteiger partial charge on any atom is 0.269 e. The number of non-ortho nitro benzene ring substituents is 1. The summed E-state index contributed by atoms with van der Waals surface area (Å²) in [4.78, 5) is 9.95. The molecule has 124 valence electrons. The Morgan fingerprint density at radius 1 is 1.14 bits per heavy atom. The van der Waals surface area contributed by atoms with Crippen LogP contribution in [0.3, 0.4) is 0 Å². The highest BCUT2D eigenvalue weighted by Gasteiger charge is 2.44. The summed E-state index contributed by atoms with van der Waals surface area (Å²) in [5, 5.41) is 48.6. The zero-order chi connectivity index (χ0) is 15.6. The van der Waals surface area contributed by atoms with E-state index in [1.807, 2.05) is 0 Å². The Labute approximate surface area is 124 Å². The first kappa shape index (κ1) is 18.2. The maximum absolute atomic E-state index is 10.5. The first-order valence-electron chi connectivity index (χ1n) is 6.15. The summed E-state index contributed by atoms with van der Waals surface area (Å²) in [5.41, 5.74) is -0.129. The summed E-state index contributed by atoms with van der Waals surface area (Å²) in [5.74, 6) is 0.171. The average molecular weight is 319 g/mol. The monoisotopic (exact) mass is 319 g/mol. The van der Waals surface area contributed by atoms with Gasteiger partial charge in [0.1, 0.15) is 30.2 Å². The molecule has 6 N–H and O–H groups in total. The summed E-state index contributed by atoms with van der Waals surface area (Å²) in [6.45, 7) is -0.564. The third-order valence-electron chi connectivity index (χ3n) is 3.15. The average Bonchev–Trinajstić information content (AvgIpc) is 2.48. The third-order valence-corrected chi connectivity index (χ3v) is 3.15. The zero-order valence-corrected chi connectivity index (χ0v) is 11.3. The molecule has 1 aliphatic rings. The van der Waals surface area contributed by atoms with Gasteiger partial charge in [0, 0.05) is 12.1 Å². The van der Waals surface area contributed by atoms with E-state index in [4.69, 9.17) is 14.6 Å². The van der Waals surface area contributed by atoms with Gasteiger partial charge in [-0.3, -0.25) is 10.1 Å². The summed E-state index contributed by atoms with van der Waals surface area (Å²) < 4.78 is 10.4. The van der Waals surface area contributed by atoms with Gasteiger partial charge in [-0.1, -0.05) is 0 Å². The van der Waals surface area contributed by atoms with Crippen molar-refractivity contribution in [3.05, 3.63) is 34.4 Å². The standard InChI is InChI=1S/C12H15NO8.H2O/c14-5-8-9(15)10(16)11(17)12(21-8)20-7-3-1-6(2-4-7)13(18)19;/h1-4,8-12,14-17H,5H2;1H2/t8-,9-,10+,11+,12+;/m1./s1. The molecule has 0 saturated carbocycles. The Morgan fingerprint density at radius 3 is 2.23 bits per heavy atom. The van der Waals surface area contributed by atoms with E-state index in [2.05, 4.69) is 0 Å². The number of hydrogen-bond donors (Lipinski definition) is 4. The highest BCUT2D eigenvalue weighted by atomic mass is 16.7. The molecule has 1 aliphatic heterocycles. The number of rotatable bonds is 4. The van der Waals surface area contributed by atoms with Gasteiger partial charge in [0.15, 0.2) is 0 Å². The predicted molar refractivity (Wildman–Crippen MR) is 71.1 cm³/mol. The molecule has 1 heterocycles. The molecule has 0 unspecified atom stereocenters. The normalized spacial score (nSPS) is 31.2. The Morgan fingerprint density at radius 2 is 1.73 bits per heavy atom. The second kappa shape index (κ2) is 7.45. The van der Waals surface area contributed by atoms with Gasteiger partial charge >= 0.3 is 0 Å². The first-order chi connectivity index (χ1) is 9.93. The Kier molecular flexibility index (Phi) is 6.17. The molecule has 10 heteroatoms. The maximum atomic E-state index is 10.5. The van der Waals surface area contributed by atoms with Crippen LogP contribution in [0.15, 0.2) is 24.3 Å². The van der Waals surface area contributed by atoms with Gasteiger partial charge < -0.3 is 35.4 Å². The van der Waals surface area contributed by atoms with E-state index in [0.29, 0.717) is 0 Å². The van der Waals surface area contributed by atoms with E-state index < -0.39 is 42.2 Å². The van der Waals surface area contributed by atoms with Crippen LogP contribution in [0, 0.1) is 10.1 Å². The number of aliphatic hydroxyl groups excluding tert-OH is 4. The first-order valence-corrected chi connectivity index (χ1v) is 6.15. The molecule has 1 aromatic carbocycles. The lowest BCUT2D eigenvalue weighted by atomic mass is 9.99. The number of nitro benzene ring substituents is 1. The fourth-order valence-corrected chi connectivity index (χ4v) is 1.95. The lowest BCUT2D eigenvalue weighted by Gasteiger charge is -2.39. The molecular formula is C12H17NO9. The summed E-state index contributed by atoms with van der Waals surface area (Å²) in [7, 11) is 0. The molecule has 0 radical (unpaired) electrons. The van der Waals surface area contributed by atoms with Crippen LogP contribution in [0.25, 0.3) is 0 Å². The van der Waals surface area contributed by atoms with Gasteiger partial charge in [-0.15, -0.1) is 0 Å². The second-order valence-corrected chi connectivity index (χ2v) is 4.57. The van der Waals surface area contributed by atoms with Crippen LogP contribution >= 0.6 is 0 Å². The van der Waals surface area contributed by atoms with E-state index in [1.165, 1.54) is 24.3 Å². The van der Waals surface area contributed by atoms with Crippen LogP contribution in [-0.4, -0.2) is 68.1 Å².